The molecular weight excluding hydrogens is 461 g/mol. The van der Waals surface area contributed by atoms with Crippen molar-refractivity contribution in [2.24, 2.45) is 0 Å². The number of methoxy groups -OCH3 is 1. The van der Waals surface area contributed by atoms with E-state index in [1.807, 2.05) is 0 Å². The first-order chi connectivity index (χ1) is 16.2. The minimum atomic E-state index is -2.96. The number of nitrogens with one attached hydrogen (secondary N) is 1. The van der Waals surface area contributed by atoms with Crippen LogP contribution < -0.4 is 10.1 Å². The van der Waals surface area contributed by atoms with Crippen molar-refractivity contribution < 1.29 is 26.7 Å². The van der Waals surface area contributed by atoms with Crippen LogP contribution in [-0.2, 0) is 6.54 Å². The Labute approximate surface area is 189 Å². The summed E-state index contributed by atoms with van der Waals surface area (Å²) in [5.41, 5.74) is 1.39. The molecule has 1 aliphatic heterocycles. The van der Waals surface area contributed by atoms with Crippen molar-refractivity contribution in [1.82, 2.24) is 29.0 Å². The molecule has 0 aliphatic carbocycles. The highest BCUT2D eigenvalue weighted by Gasteiger charge is 2.47. The van der Waals surface area contributed by atoms with Gasteiger partial charge in [-0.2, -0.15) is 4.98 Å². The second kappa shape index (κ2) is 8.08. The van der Waals surface area contributed by atoms with E-state index in [1.54, 1.807) is 25.4 Å². The normalized spacial score (nSPS) is 18.4. The van der Waals surface area contributed by atoms with Crippen LogP contribution in [-0.4, -0.2) is 74.7 Å². The largest absolute Gasteiger partial charge is 0.479 e. The van der Waals surface area contributed by atoms with Crippen molar-refractivity contribution in [3.05, 3.63) is 36.5 Å². The quantitative estimate of drug-likeness (QED) is 0.425. The molecule has 1 N–H and O–H groups in total. The zero-order chi connectivity index (χ0) is 24.2. The number of halogens is 5. The lowest BCUT2D eigenvalue weighted by atomic mass is 10.1. The van der Waals surface area contributed by atoms with Crippen LogP contribution in [0.4, 0.5) is 27.9 Å². The number of fused-ring (bicyclic) bond motifs is 2. The summed E-state index contributed by atoms with van der Waals surface area (Å²) in [6.07, 6.45) is 0.0857. The number of aromatic nitrogens is 5. The van der Waals surface area contributed by atoms with Gasteiger partial charge in [-0.1, -0.05) is 0 Å². The van der Waals surface area contributed by atoms with E-state index < -0.39 is 30.8 Å². The van der Waals surface area contributed by atoms with Crippen LogP contribution in [0.1, 0.15) is 0 Å². The number of benzene rings is 1. The number of hydrogen-bond donors (Lipinski definition) is 1. The summed E-state index contributed by atoms with van der Waals surface area (Å²) in [5, 5.41) is 6.94. The molecule has 4 aromatic rings. The average Bonchev–Trinajstić information content (AvgIpc) is 3.43. The third kappa shape index (κ3) is 3.79. The molecule has 1 aliphatic rings. The number of ether oxygens (including phenoxy) is 1. The molecule has 1 aromatic carbocycles. The Bertz CT molecular complexity index is 1370. The van der Waals surface area contributed by atoms with Crippen LogP contribution in [0.2, 0.25) is 0 Å². The van der Waals surface area contributed by atoms with Gasteiger partial charge in [-0.15, -0.1) is 5.10 Å². The Hall–Kier alpha value is -3.48. The maximum Gasteiger partial charge on any atom is 0.281 e. The first-order valence-corrected chi connectivity index (χ1v) is 10.4. The predicted molar refractivity (Wildman–Crippen MR) is 114 cm³/mol. The fraction of sp³-hybridized carbons (Fsp3) is 0.381. The minimum Gasteiger partial charge on any atom is -0.479 e. The van der Waals surface area contributed by atoms with Crippen molar-refractivity contribution in [3.63, 3.8) is 0 Å². The summed E-state index contributed by atoms with van der Waals surface area (Å²) in [4.78, 5) is 9.63. The predicted octanol–water partition coefficient (Wildman–Crippen LogP) is 3.52. The molecule has 13 heteroatoms. The third-order valence-electron chi connectivity index (χ3n) is 5.79. The zero-order valence-electron chi connectivity index (χ0n) is 18.1. The van der Waals surface area contributed by atoms with Crippen molar-refractivity contribution >= 4 is 22.5 Å². The first kappa shape index (κ1) is 22.3. The molecule has 1 fully saturated rings. The second-order valence-corrected chi connectivity index (χ2v) is 8.24. The first-order valence-electron chi connectivity index (χ1n) is 10.4. The summed E-state index contributed by atoms with van der Waals surface area (Å²) in [7, 11) is 2.96. The summed E-state index contributed by atoms with van der Waals surface area (Å²) < 4.78 is 77.0. The van der Waals surface area contributed by atoms with Gasteiger partial charge in [-0.25, -0.2) is 31.5 Å². The average molecular weight is 481 g/mol. The monoisotopic (exact) mass is 481 g/mol. The number of alkyl halides is 4. The molecule has 3 aromatic heterocycles. The molecule has 34 heavy (non-hydrogen) atoms. The number of hydrogen-bond acceptors (Lipinski definition) is 6. The molecule has 8 nitrogen and oxygen atoms in total. The fourth-order valence-electron chi connectivity index (χ4n) is 4.29. The van der Waals surface area contributed by atoms with E-state index in [9.17, 15) is 22.0 Å². The van der Waals surface area contributed by atoms with E-state index >= 15 is 0 Å². The van der Waals surface area contributed by atoms with Gasteiger partial charge in [0.2, 0.25) is 11.8 Å². The van der Waals surface area contributed by atoms with Gasteiger partial charge in [0.25, 0.3) is 12.3 Å². The van der Waals surface area contributed by atoms with Crippen LogP contribution in [0, 0.1) is 5.82 Å². The lowest BCUT2D eigenvalue weighted by Crippen LogP contribution is -2.38. The molecule has 0 amide bonds. The highest BCUT2D eigenvalue weighted by molar-refractivity contribution is 5.90. The van der Waals surface area contributed by atoms with Gasteiger partial charge < -0.3 is 14.6 Å². The third-order valence-corrected chi connectivity index (χ3v) is 5.79. The van der Waals surface area contributed by atoms with Gasteiger partial charge in [-0.3, -0.25) is 4.90 Å². The van der Waals surface area contributed by atoms with Gasteiger partial charge in [0, 0.05) is 18.3 Å². The van der Waals surface area contributed by atoms with Crippen LogP contribution in [0.3, 0.4) is 0 Å². The Kier molecular flexibility index (Phi) is 5.30. The van der Waals surface area contributed by atoms with Gasteiger partial charge in [0.1, 0.15) is 17.1 Å². The molecule has 0 bridgehead atoms. The molecule has 0 radical (unpaired) electrons. The highest BCUT2D eigenvalue weighted by Crippen LogP contribution is 2.35. The molecule has 0 spiro atoms. The molecule has 5 rings (SSSR count). The number of rotatable bonds is 6. The van der Waals surface area contributed by atoms with Crippen molar-refractivity contribution in [3.8, 4) is 17.0 Å². The molecule has 1 saturated heterocycles. The summed E-state index contributed by atoms with van der Waals surface area (Å²) in [6.45, 7) is -0.897. The lowest BCUT2D eigenvalue weighted by molar-refractivity contribution is 0.00582. The van der Waals surface area contributed by atoms with E-state index in [0.717, 1.165) is 0 Å². The fourth-order valence-corrected chi connectivity index (χ4v) is 4.29. The smallest absolute Gasteiger partial charge is 0.281 e. The standard InChI is InChI=1S/C21H20F5N7O/c1-31-7-15(21(25,26)9-31)28-20-29-19(34-2)18-12(3-4-33(18)30-20)11-5-13(22)17-14(6-11)32(10-27-17)8-16(23)24/h3-6,10,15-16H,7-9H2,1-2H3,(H,28,30). The number of nitrogens with zero attached hydrogens (tertiary/aromatic N) is 6. The molecular formula is C21H20F5N7O. The van der Waals surface area contributed by atoms with E-state index in [2.05, 4.69) is 20.4 Å². The number of anilines is 1. The van der Waals surface area contributed by atoms with Crippen LogP contribution in [0.15, 0.2) is 30.7 Å². The highest BCUT2D eigenvalue weighted by atomic mass is 19.3. The van der Waals surface area contributed by atoms with Crippen molar-refractivity contribution in [2.45, 2.75) is 24.9 Å². The van der Waals surface area contributed by atoms with Crippen molar-refractivity contribution in [2.75, 3.05) is 32.6 Å². The molecule has 0 saturated carbocycles. The topological polar surface area (TPSA) is 72.5 Å². The van der Waals surface area contributed by atoms with E-state index in [-0.39, 0.29) is 36.0 Å². The van der Waals surface area contributed by atoms with E-state index in [1.165, 1.54) is 33.5 Å². The van der Waals surface area contributed by atoms with Crippen molar-refractivity contribution in [1.29, 1.82) is 0 Å². The Morgan fingerprint density at radius 1 is 1.29 bits per heavy atom. The Morgan fingerprint density at radius 2 is 2.09 bits per heavy atom. The number of imidazole rings is 1. The summed E-state index contributed by atoms with van der Waals surface area (Å²) in [5.74, 6) is -3.61. The van der Waals surface area contributed by atoms with E-state index in [4.69, 9.17) is 4.74 Å². The molecule has 4 heterocycles. The van der Waals surface area contributed by atoms with Crippen LogP contribution in [0.5, 0.6) is 5.88 Å². The van der Waals surface area contributed by atoms with Gasteiger partial charge in [0.15, 0.2) is 5.82 Å². The Morgan fingerprint density at radius 3 is 2.76 bits per heavy atom. The second-order valence-electron chi connectivity index (χ2n) is 8.24. The minimum absolute atomic E-state index is 0.0231. The molecule has 1 unspecified atom stereocenters. The molecule has 180 valence electrons. The SMILES string of the molecule is COc1nc(NC2CN(C)CC2(F)F)nn2ccc(-c3cc(F)c4ncn(CC(F)F)c4c3)c12. The maximum atomic E-state index is 14.8. The number of likely N-dealkylation sites (N-methyl/N-ethyl adjacent to an activating group) is 1. The Balaban J connectivity index is 1.57. The maximum absolute atomic E-state index is 14.8. The summed E-state index contributed by atoms with van der Waals surface area (Å²) in [6, 6.07) is 3.23. The van der Waals surface area contributed by atoms with Gasteiger partial charge in [-0.05, 0) is 30.8 Å². The number of likely N-dealkylation sites (tertiary alicyclic amines) is 1. The van der Waals surface area contributed by atoms with Crippen LogP contribution in [0.25, 0.3) is 27.7 Å². The zero-order valence-corrected chi connectivity index (χ0v) is 18.1. The molecule has 1 atom stereocenters. The summed E-state index contributed by atoms with van der Waals surface area (Å²) >= 11 is 0. The van der Waals surface area contributed by atoms with Gasteiger partial charge >= 0.3 is 0 Å². The lowest BCUT2D eigenvalue weighted by Gasteiger charge is -2.19. The van der Waals surface area contributed by atoms with Crippen LogP contribution >= 0.6 is 0 Å². The van der Waals surface area contributed by atoms with Gasteiger partial charge in [0.05, 0.1) is 32.0 Å². The van der Waals surface area contributed by atoms with E-state index in [0.29, 0.717) is 16.6 Å².